The van der Waals surface area contributed by atoms with E-state index in [2.05, 4.69) is 0 Å². The summed E-state index contributed by atoms with van der Waals surface area (Å²) in [6.07, 6.45) is -5.61. The van der Waals surface area contributed by atoms with Crippen LogP contribution in [0.1, 0.15) is 0 Å². The van der Waals surface area contributed by atoms with E-state index < -0.39 is 37.3 Å². The Morgan fingerprint density at radius 3 is 2.41 bits per heavy atom. The van der Waals surface area contributed by atoms with Gasteiger partial charge in [-0.1, -0.05) is 0 Å². The molecule has 1 heterocycles. The first-order chi connectivity index (χ1) is 10.6. The minimum absolute atomic E-state index is 0.0732. The van der Waals surface area contributed by atoms with E-state index in [4.69, 9.17) is 19.9 Å². The van der Waals surface area contributed by atoms with E-state index in [0.717, 1.165) is 0 Å². The number of aliphatic hydroxyl groups is 3. The molecule has 0 saturated carbocycles. The summed E-state index contributed by atoms with van der Waals surface area (Å²) in [6, 6.07) is 5.86. The number of rotatable bonds is 6. The van der Waals surface area contributed by atoms with Crippen molar-refractivity contribution in [2.24, 2.45) is 5.73 Å². The number of hydrogen-bond donors (Lipinski definition) is 5. The zero-order valence-electron chi connectivity index (χ0n) is 11.9. The maximum absolute atomic E-state index is 10.2. The Morgan fingerprint density at radius 1 is 1.14 bits per heavy atom. The summed E-state index contributed by atoms with van der Waals surface area (Å²) in [7, 11) is 0. The Morgan fingerprint density at radius 2 is 1.82 bits per heavy atom. The van der Waals surface area contributed by atoms with Gasteiger partial charge in [0, 0.05) is 6.54 Å². The first kappa shape index (κ1) is 16.9. The Hall–Kier alpha value is -1.42. The molecule has 22 heavy (non-hydrogen) atoms. The second kappa shape index (κ2) is 7.73. The molecule has 1 saturated heterocycles. The molecule has 3 unspecified atom stereocenters. The van der Waals surface area contributed by atoms with Gasteiger partial charge in [-0.25, -0.2) is 0 Å². The van der Waals surface area contributed by atoms with E-state index in [9.17, 15) is 20.4 Å². The van der Waals surface area contributed by atoms with Crippen molar-refractivity contribution in [1.82, 2.24) is 0 Å². The summed E-state index contributed by atoms with van der Waals surface area (Å²) in [6.45, 7) is -0.0536. The molecule has 1 fully saturated rings. The summed E-state index contributed by atoms with van der Waals surface area (Å²) < 4.78 is 16.4. The Kier molecular flexibility index (Phi) is 5.95. The smallest absolute Gasteiger partial charge is 0.197 e. The number of aromatic hydroxyl groups is 1. The van der Waals surface area contributed by atoms with Gasteiger partial charge in [0.1, 0.15) is 29.8 Å². The van der Waals surface area contributed by atoms with Crippen molar-refractivity contribution < 1.29 is 34.6 Å². The van der Waals surface area contributed by atoms with Crippen LogP contribution < -0.4 is 10.5 Å². The molecule has 1 aliphatic heterocycles. The zero-order chi connectivity index (χ0) is 16.1. The fourth-order valence-corrected chi connectivity index (χ4v) is 2.18. The number of phenols is 1. The second-order valence-corrected chi connectivity index (χ2v) is 4.94. The van der Waals surface area contributed by atoms with Gasteiger partial charge < -0.3 is 40.4 Å². The molecular weight excluding hydrogens is 294 g/mol. The highest BCUT2D eigenvalue weighted by molar-refractivity contribution is 5.30. The van der Waals surface area contributed by atoms with Crippen LogP contribution in [0.2, 0.25) is 0 Å². The minimum atomic E-state index is -1.32. The molecule has 8 heteroatoms. The van der Waals surface area contributed by atoms with E-state index in [-0.39, 0.29) is 18.9 Å². The lowest BCUT2D eigenvalue weighted by atomic mass is 9.99. The highest BCUT2D eigenvalue weighted by Crippen LogP contribution is 2.27. The molecule has 1 aromatic carbocycles. The fraction of sp³-hybridized carbons (Fsp3) is 0.571. The number of hydrogen-bond acceptors (Lipinski definition) is 8. The van der Waals surface area contributed by atoms with Crippen LogP contribution in [0.4, 0.5) is 0 Å². The Bertz CT molecular complexity index is 455. The average molecular weight is 315 g/mol. The molecule has 0 aliphatic carbocycles. The molecule has 124 valence electrons. The third-order valence-electron chi connectivity index (χ3n) is 3.33. The van der Waals surface area contributed by atoms with Crippen molar-refractivity contribution in [1.29, 1.82) is 0 Å². The van der Waals surface area contributed by atoms with Crippen molar-refractivity contribution >= 4 is 0 Å². The maximum Gasteiger partial charge on any atom is 0.197 e. The Labute approximate surface area is 127 Å². The molecule has 0 aromatic heterocycles. The lowest BCUT2D eigenvalue weighted by Gasteiger charge is -2.41. The monoisotopic (exact) mass is 315 g/mol. The maximum atomic E-state index is 10.2. The van der Waals surface area contributed by atoms with Crippen LogP contribution in [-0.4, -0.2) is 70.9 Å². The SMILES string of the molecule is NCCO[C@H]1OC(CO)[C@H](O)C(O)C1Oc1ccc(O)cc1. The van der Waals surface area contributed by atoms with Crippen LogP contribution in [0, 0.1) is 0 Å². The van der Waals surface area contributed by atoms with Crippen LogP contribution in [0.25, 0.3) is 0 Å². The highest BCUT2D eigenvalue weighted by Gasteiger charge is 2.46. The van der Waals surface area contributed by atoms with Gasteiger partial charge in [0.25, 0.3) is 0 Å². The molecular formula is C14H21NO7. The summed E-state index contributed by atoms with van der Waals surface area (Å²) in [5.74, 6) is 0.436. The standard InChI is InChI=1S/C14H21NO7/c15-5-6-20-14-13(12(19)11(18)10(7-16)22-14)21-9-3-1-8(17)2-4-9/h1-4,10-14,16-19H,5-7,15H2/t10?,11-,12?,13?,14-/m0/s1. The van der Waals surface area contributed by atoms with Crippen molar-refractivity contribution in [2.75, 3.05) is 19.8 Å². The normalized spacial score (nSPS) is 31.9. The van der Waals surface area contributed by atoms with Crippen molar-refractivity contribution in [2.45, 2.75) is 30.7 Å². The summed E-state index contributed by atoms with van der Waals surface area (Å²) in [5, 5.41) is 38.6. The lowest BCUT2D eigenvalue weighted by molar-refractivity contribution is -0.294. The molecule has 0 spiro atoms. The van der Waals surface area contributed by atoms with Gasteiger partial charge in [-0.2, -0.15) is 0 Å². The number of phenolic OH excluding ortho intramolecular Hbond substituents is 1. The van der Waals surface area contributed by atoms with Crippen LogP contribution in [0.3, 0.4) is 0 Å². The molecule has 1 aliphatic rings. The summed E-state index contributed by atoms with van der Waals surface area (Å²) >= 11 is 0. The number of nitrogens with two attached hydrogens (primary N) is 1. The molecule has 0 bridgehead atoms. The van der Waals surface area contributed by atoms with E-state index in [1.165, 1.54) is 24.3 Å². The van der Waals surface area contributed by atoms with E-state index in [1.807, 2.05) is 0 Å². The summed E-state index contributed by atoms with van der Waals surface area (Å²) in [4.78, 5) is 0. The fourth-order valence-electron chi connectivity index (χ4n) is 2.18. The number of benzene rings is 1. The predicted molar refractivity (Wildman–Crippen MR) is 75.3 cm³/mol. The van der Waals surface area contributed by atoms with E-state index in [1.54, 1.807) is 0 Å². The molecule has 6 N–H and O–H groups in total. The third kappa shape index (κ3) is 3.86. The first-order valence-electron chi connectivity index (χ1n) is 6.96. The highest BCUT2D eigenvalue weighted by atomic mass is 16.7. The quantitative estimate of drug-likeness (QED) is 0.430. The van der Waals surface area contributed by atoms with E-state index in [0.29, 0.717) is 5.75 Å². The average Bonchev–Trinajstić information content (AvgIpc) is 2.53. The van der Waals surface area contributed by atoms with Gasteiger partial charge >= 0.3 is 0 Å². The van der Waals surface area contributed by atoms with Gasteiger partial charge in [-0.3, -0.25) is 0 Å². The molecule has 1 aromatic rings. The van der Waals surface area contributed by atoms with Crippen LogP contribution in [-0.2, 0) is 9.47 Å². The molecule has 0 radical (unpaired) electrons. The molecule has 5 atom stereocenters. The van der Waals surface area contributed by atoms with Crippen molar-refractivity contribution in [3.05, 3.63) is 24.3 Å². The zero-order valence-corrected chi connectivity index (χ0v) is 11.9. The van der Waals surface area contributed by atoms with Gasteiger partial charge in [-0.05, 0) is 24.3 Å². The topological polar surface area (TPSA) is 135 Å². The van der Waals surface area contributed by atoms with Crippen molar-refractivity contribution in [3.8, 4) is 11.5 Å². The van der Waals surface area contributed by atoms with Gasteiger partial charge in [0.15, 0.2) is 12.4 Å². The predicted octanol–water partition coefficient (Wildman–Crippen LogP) is -1.45. The van der Waals surface area contributed by atoms with Gasteiger partial charge in [-0.15, -0.1) is 0 Å². The van der Waals surface area contributed by atoms with Crippen molar-refractivity contribution in [3.63, 3.8) is 0 Å². The lowest BCUT2D eigenvalue weighted by Crippen LogP contribution is -2.61. The third-order valence-corrected chi connectivity index (χ3v) is 3.33. The minimum Gasteiger partial charge on any atom is -0.508 e. The van der Waals surface area contributed by atoms with E-state index >= 15 is 0 Å². The number of aliphatic hydroxyl groups excluding tert-OH is 3. The largest absolute Gasteiger partial charge is 0.508 e. The first-order valence-corrected chi connectivity index (χ1v) is 6.96. The van der Waals surface area contributed by atoms with Crippen LogP contribution >= 0.6 is 0 Å². The van der Waals surface area contributed by atoms with Gasteiger partial charge in [0.2, 0.25) is 0 Å². The molecule has 0 amide bonds. The molecule has 8 nitrogen and oxygen atoms in total. The van der Waals surface area contributed by atoms with Crippen LogP contribution in [0.5, 0.6) is 11.5 Å². The second-order valence-electron chi connectivity index (χ2n) is 4.94. The summed E-state index contributed by atoms with van der Waals surface area (Å²) in [5.41, 5.74) is 5.38. The number of ether oxygens (including phenoxy) is 3. The molecule has 2 rings (SSSR count). The van der Waals surface area contributed by atoms with Crippen LogP contribution in [0.15, 0.2) is 24.3 Å². The van der Waals surface area contributed by atoms with Gasteiger partial charge in [0.05, 0.1) is 13.2 Å². The Balaban J connectivity index is 2.13.